The van der Waals surface area contributed by atoms with Gasteiger partial charge in [0.05, 0.1) is 5.38 Å². The van der Waals surface area contributed by atoms with Crippen molar-refractivity contribution in [1.29, 1.82) is 0 Å². The van der Waals surface area contributed by atoms with Crippen molar-refractivity contribution in [3.8, 4) is 0 Å². The highest BCUT2D eigenvalue weighted by molar-refractivity contribution is 6.30. The molecule has 0 amide bonds. The van der Waals surface area contributed by atoms with Gasteiger partial charge >= 0.3 is 0 Å². The fourth-order valence-electron chi connectivity index (χ4n) is 1.26. The van der Waals surface area contributed by atoms with Crippen LogP contribution in [0, 0.1) is 5.41 Å². The molecule has 1 aromatic carbocycles. The zero-order valence-corrected chi connectivity index (χ0v) is 10.4. The highest BCUT2D eigenvalue weighted by Crippen LogP contribution is 2.41. The van der Waals surface area contributed by atoms with Crippen LogP contribution in [0.25, 0.3) is 0 Å². The third kappa shape index (κ3) is 2.65. The standard InChI is InChI=1S/C12H16Cl2/c1-4-12(2,3)11(14)9-5-7-10(13)8-6-9/h5-8,11H,4H2,1-3H3. The summed E-state index contributed by atoms with van der Waals surface area (Å²) < 4.78 is 0. The molecule has 0 fully saturated rings. The van der Waals surface area contributed by atoms with Crippen molar-refractivity contribution in [3.63, 3.8) is 0 Å². The first-order chi connectivity index (χ1) is 6.47. The maximum absolute atomic E-state index is 6.41. The summed E-state index contributed by atoms with van der Waals surface area (Å²) in [5.41, 5.74) is 1.26. The summed E-state index contributed by atoms with van der Waals surface area (Å²) in [7, 11) is 0. The van der Waals surface area contributed by atoms with E-state index in [1.165, 1.54) is 0 Å². The molecule has 78 valence electrons. The van der Waals surface area contributed by atoms with E-state index in [0.29, 0.717) is 0 Å². The van der Waals surface area contributed by atoms with E-state index in [1.54, 1.807) is 0 Å². The van der Waals surface area contributed by atoms with Gasteiger partial charge in [-0.25, -0.2) is 0 Å². The van der Waals surface area contributed by atoms with Gasteiger partial charge in [0.25, 0.3) is 0 Å². The molecule has 0 radical (unpaired) electrons. The maximum Gasteiger partial charge on any atom is 0.0636 e. The molecule has 2 heteroatoms. The van der Waals surface area contributed by atoms with E-state index in [1.807, 2.05) is 24.3 Å². The zero-order valence-electron chi connectivity index (χ0n) is 8.85. The highest BCUT2D eigenvalue weighted by atomic mass is 35.5. The zero-order chi connectivity index (χ0) is 10.8. The molecule has 0 saturated heterocycles. The smallest absolute Gasteiger partial charge is 0.0636 e. The summed E-state index contributed by atoms with van der Waals surface area (Å²) in [5, 5.41) is 0.802. The van der Waals surface area contributed by atoms with E-state index in [0.717, 1.165) is 17.0 Å². The Hall–Kier alpha value is -0.200. The molecule has 0 nitrogen and oxygen atoms in total. The molecule has 0 aliphatic heterocycles. The summed E-state index contributed by atoms with van der Waals surface area (Å²) in [6.45, 7) is 6.52. The molecule has 1 atom stereocenters. The van der Waals surface area contributed by atoms with Gasteiger partial charge in [0.2, 0.25) is 0 Å². The van der Waals surface area contributed by atoms with Crippen LogP contribution >= 0.6 is 23.2 Å². The quantitative estimate of drug-likeness (QED) is 0.638. The van der Waals surface area contributed by atoms with E-state index in [4.69, 9.17) is 23.2 Å². The van der Waals surface area contributed by atoms with Crippen LogP contribution in [0.2, 0.25) is 5.02 Å². The van der Waals surface area contributed by atoms with Crippen LogP contribution in [0.15, 0.2) is 24.3 Å². The number of hydrogen-bond acceptors (Lipinski definition) is 0. The summed E-state index contributed by atoms with van der Waals surface area (Å²) in [5.74, 6) is 0. The lowest BCUT2D eigenvalue weighted by Crippen LogP contribution is -2.16. The van der Waals surface area contributed by atoms with Gasteiger partial charge in [-0.05, 0) is 29.5 Å². The van der Waals surface area contributed by atoms with Crippen molar-refractivity contribution in [1.82, 2.24) is 0 Å². The molecule has 1 rings (SSSR count). The van der Waals surface area contributed by atoms with Crippen LogP contribution in [-0.2, 0) is 0 Å². The minimum atomic E-state index is 0.0461. The molecule has 1 unspecified atom stereocenters. The SMILES string of the molecule is CCC(C)(C)C(Cl)c1ccc(Cl)cc1. The summed E-state index contributed by atoms with van der Waals surface area (Å²) in [4.78, 5) is 0. The first-order valence-corrected chi connectivity index (χ1v) is 5.68. The van der Waals surface area contributed by atoms with Gasteiger partial charge in [-0.3, -0.25) is 0 Å². The normalized spacial score (nSPS) is 14.1. The summed E-state index contributed by atoms with van der Waals surface area (Å²) in [6, 6.07) is 7.77. The minimum absolute atomic E-state index is 0.0461. The average Bonchev–Trinajstić information content (AvgIpc) is 2.18. The van der Waals surface area contributed by atoms with Gasteiger partial charge in [0.1, 0.15) is 0 Å². The van der Waals surface area contributed by atoms with E-state index >= 15 is 0 Å². The van der Waals surface area contributed by atoms with Crippen molar-refractivity contribution in [2.45, 2.75) is 32.6 Å². The van der Waals surface area contributed by atoms with Gasteiger partial charge in [-0.2, -0.15) is 0 Å². The monoisotopic (exact) mass is 230 g/mol. The van der Waals surface area contributed by atoms with Crippen molar-refractivity contribution in [3.05, 3.63) is 34.9 Å². The summed E-state index contributed by atoms with van der Waals surface area (Å²) >= 11 is 12.2. The number of halogens is 2. The van der Waals surface area contributed by atoms with E-state index in [-0.39, 0.29) is 10.8 Å². The molecule has 0 aliphatic carbocycles. The Morgan fingerprint density at radius 2 is 1.71 bits per heavy atom. The fraction of sp³-hybridized carbons (Fsp3) is 0.500. The Labute approximate surface area is 96.2 Å². The third-order valence-corrected chi connectivity index (χ3v) is 3.85. The van der Waals surface area contributed by atoms with Gasteiger partial charge < -0.3 is 0 Å². The number of hydrogen-bond donors (Lipinski definition) is 0. The first-order valence-electron chi connectivity index (χ1n) is 4.87. The largest absolute Gasteiger partial charge is 0.117 e. The Kier molecular flexibility index (Phi) is 3.86. The molecule has 0 spiro atoms. The van der Waals surface area contributed by atoms with Crippen molar-refractivity contribution in [2.75, 3.05) is 0 Å². The Morgan fingerprint density at radius 1 is 1.21 bits per heavy atom. The number of rotatable bonds is 3. The first kappa shape index (κ1) is 11.9. The second-order valence-electron chi connectivity index (χ2n) is 4.26. The Morgan fingerprint density at radius 3 is 2.14 bits per heavy atom. The van der Waals surface area contributed by atoms with E-state index in [9.17, 15) is 0 Å². The predicted octanol–water partition coefficient (Wildman–Crippen LogP) is 5.06. The number of alkyl halides is 1. The van der Waals surface area contributed by atoms with Gasteiger partial charge in [-0.15, -0.1) is 11.6 Å². The maximum atomic E-state index is 6.41. The lowest BCUT2D eigenvalue weighted by Gasteiger charge is -2.28. The number of benzene rings is 1. The second kappa shape index (κ2) is 4.55. The Balaban J connectivity index is 2.89. The van der Waals surface area contributed by atoms with Crippen LogP contribution in [0.1, 0.15) is 38.1 Å². The molecule has 14 heavy (non-hydrogen) atoms. The van der Waals surface area contributed by atoms with Crippen LogP contribution in [0.4, 0.5) is 0 Å². The van der Waals surface area contributed by atoms with Crippen molar-refractivity contribution >= 4 is 23.2 Å². The van der Waals surface area contributed by atoms with Crippen LogP contribution in [-0.4, -0.2) is 0 Å². The topological polar surface area (TPSA) is 0 Å². The molecule has 0 heterocycles. The van der Waals surface area contributed by atoms with E-state index < -0.39 is 0 Å². The van der Waals surface area contributed by atoms with Crippen LogP contribution < -0.4 is 0 Å². The van der Waals surface area contributed by atoms with Crippen LogP contribution in [0.5, 0.6) is 0 Å². The molecule has 0 aromatic heterocycles. The molecular formula is C12H16Cl2. The van der Waals surface area contributed by atoms with Crippen molar-refractivity contribution < 1.29 is 0 Å². The molecule has 1 aromatic rings. The van der Waals surface area contributed by atoms with Crippen molar-refractivity contribution in [2.24, 2.45) is 5.41 Å². The predicted molar refractivity (Wildman–Crippen MR) is 64.1 cm³/mol. The van der Waals surface area contributed by atoms with Gasteiger partial charge in [-0.1, -0.05) is 44.5 Å². The molecule has 0 N–H and O–H groups in total. The lowest BCUT2D eigenvalue weighted by molar-refractivity contribution is 0.336. The summed E-state index contributed by atoms with van der Waals surface area (Å²) in [6.07, 6.45) is 1.06. The fourth-order valence-corrected chi connectivity index (χ4v) is 1.69. The van der Waals surface area contributed by atoms with Gasteiger partial charge in [0, 0.05) is 5.02 Å². The van der Waals surface area contributed by atoms with Crippen LogP contribution in [0.3, 0.4) is 0 Å². The average molecular weight is 231 g/mol. The van der Waals surface area contributed by atoms with Gasteiger partial charge in [0.15, 0.2) is 0 Å². The molecular weight excluding hydrogens is 215 g/mol. The molecule has 0 aliphatic rings. The highest BCUT2D eigenvalue weighted by Gasteiger charge is 2.26. The van der Waals surface area contributed by atoms with E-state index in [2.05, 4.69) is 20.8 Å². The molecule has 0 saturated carbocycles. The minimum Gasteiger partial charge on any atom is -0.117 e. The lowest BCUT2D eigenvalue weighted by atomic mass is 9.83. The second-order valence-corrected chi connectivity index (χ2v) is 5.13. The molecule has 0 bridgehead atoms. The Bertz CT molecular complexity index is 288. The third-order valence-electron chi connectivity index (χ3n) is 2.76.